The predicted octanol–water partition coefficient (Wildman–Crippen LogP) is -0.455. The van der Waals surface area contributed by atoms with Gasteiger partial charge in [-0.1, -0.05) is 53.4 Å². The molecular formula is C18H26O8Sn. The predicted molar refractivity (Wildman–Crippen MR) is 96.5 cm³/mol. The summed E-state index contributed by atoms with van der Waals surface area (Å²) in [6.07, 6.45) is 6.79. The maximum absolute atomic E-state index is 10.8. The second kappa shape index (κ2) is 26.4. The SMILES string of the molecule is O=C([O-])/C=C\C(=O)OCCOC(=O)/C=C\C(=O)[O-].[CH2]CCC.[CH2]CCC.[Sn+2]. The van der Waals surface area contributed by atoms with E-state index in [0.29, 0.717) is 24.3 Å². The zero-order chi connectivity index (χ0) is 20.8. The normalized spacial score (nSPS) is 9.19. The van der Waals surface area contributed by atoms with Gasteiger partial charge < -0.3 is 29.3 Å². The summed E-state index contributed by atoms with van der Waals surface area (Å²) in [6.45, 7) is 10.8. The van der Waals surface area contributed by atoms with Gasteiger partial charge in [-0.15, -0.1) is 0 Å². The number of carboxylic acids is 2. The molecule has 27 heavy (non-hydrogen) atoms. The number of ether oxygens (including phenoxy) is 2. The first-order valence-electron chi connectivity index (χ1n) is 7.95. The number of hydrogen-bond donors (Lipinski definition) is 0. The molecule has 0 aromatic carbocycles. The van der Waals surface area contributed by atoms with Crippen LogP contribution in [0.5, 0.6) is 0 Å². The van der Waals surface area contributed by atoms with Crippen LogP contribution in [0.25, 0.3) is 0 Å². The molecule has 9 heteroatoms. The fourth-order valence-corrected chi connectivity index (χ4v) is 0.653. The van der Waals surface area contributed by atoms with Crippen LogP contribution in [-0.4, -0.2) is 61.0 Å². The van der Waals surface area contributed by atoms with Crippen LogP contribution in [0.15, 0.2) is 24.3 Å². The Bertz CT molecular complexity index is 412. The molecule has 4 radical (unpaired) electrons. The Hall–Kier alpha value is -1.84. The number of unbranched alkanes of at least 4 members (excludes halogenated alkanes) is 2. The van der Waals surface area contributed by atoms with E-state index >= 15 is 0 Å². The van der Waals surface area contributed by atoms with Crippen molar-refractivity contribution < 1.29 is 38.9 Å². The summed E-state index contributed by atoms with van der Waals surface area (Å²) in [4.78, 5) is 41.4. The average molecular weight is 489 g/mol. The smallest absolute Gasteiger partial charge is 0.545 e. The second-order valence-corrected chi connectivity index (χ2v) is 4.35. The third-order valence-corrected chi connectivity index (χ3v) is 1.99. The Morgan fingerprint density at radius 2 is 1.00 bits per heavy atom. The Morgan fingerprint density at radius 1 is 0.741 bits per heavy atom. The Labute approximate surface area is 177 Å². The molecule has 0 aliphatic heterocycles. The van der Waals surface area contributed by atoms with Gasteiger partial charge in [-0.25, -0.2) is 9.59 Å². The molecule has 8 nitrogen and oxygen atoms in total. The summed E-state index contributed by atoms with van der Waals surface area (Å²) in [5, 5.41) is 19.8. The molecule has 0 aromatic rings. The van der Waals surface area contributed by atoms with E-state index in [0.717, 1.165) is 12.8 Å². The van der Waals surface area contributed by atoms with Crippen molar-refractivity contribution >= 4 is 47.8 Å². The van der Waals surface area contributed by atoms with E-state index in [1.165, 1.54) is 12.8 Å². The van der Waals surface area contributed by atoms with E-state index in [1.807, 2.05) is 0 Å². The van der Waals surface area contributed by atoms with E-state index in [-0.39, 0.29) is 37.1 Å². The summed E-state index contributed by atoms with van der Waals surface area (Å²) in [6, 6.07) is 0. The topological polar surface area (TPSA) is 133 Å². The molecule has 0 saturated heterocycles. The van der Waals surface area contributed by atoms with Crippen molar-refractivity contribution in [2.24, 2.45) is 0 Å². The van der Waals surface area contributed by atoms with Crippen LogP contribution in [-0.2, 0) is 28.7 Å². The zero-order valence-electron chi connectivity index (χ0n) is 15.7. The Balaban J connectivity index is -0.000000247. The molecule has 0 atom stereocenters. The van der Waals surface area contributed by atoms with Crippen LogP contribution in [0, 0.1) is 13.8 Å². The largest absolute Gasteiger partial charge is 2.00 e. The number of carbonyl (C=O) groups is 4. The minimum absolute atomic E-state index is 0. The van der Waals surface area contributed by atoms with Crippen molar-refractivity contribution in [2.45, 2.75) is 39.5 Å². The first-order valence-corrected chi connectivity index (χ1v) is 7.95. The molecule has 0 amide bonds. The molecule has 0 spiro atoms. The molecule has 0 aliphatic carbocycles. The molecule has 0 rings (SSSR count). The van der Waals surface area contributed by atoms with E-state index in [9.17, 15) is 29.4 Å². The molecule has 0 saturated carbocycles. The molecular weight excluding hydrogens is 463 g/mol. The summed E-state index contributed by atoms with van der Waals surface area (Å²) in [5.74, 6) is -4.99. The first-order chi connectivity index (χ1) is 12.2. The molecule has 0 fully saturated rings. The van der Waals surface area contributed by atoms with Crippen molar-refractivity contribution in [3.05, 3.63) is 38.2 Å². The van der Waals surface area contributed by atoms with Gasteiger partial charge in [0.2, 0.25) is 0 Å². The van der Waals surface area contributed by atoms with Crippen LogP contribution in [0.1, 0.15) is 39.5 Å². The minimum Gasteiger partial charge on any atom is -0.545 e. The second-order valence-electron chi connectivity index (χ2n) is 4.35. The van der Waals surface area contributed by atoms with Gasteiger partial charge in [-0.2, -0.15) is 0 Å². The Kier molecular flexibility index (Phi) is 32.1. The molecule has 0 N–H and O–H groups in total. The van der Waals surface area contributed by atoms with Crippen LogP contribution in [0.4, 0.5) is 0 Å². The summed E-state index contributed by atoms with van der Waals surface area (Å²) >= 11 is 0. The molecule has 0 bridgehead atoms. The van der Waals surface area contributed by atoms with Crippen LogP contribution in [0.2, 0.25) is 0 Å². The van der Waals surface area contributed by atoms with Crippen molar-refractivity contribution in [1.82, 2.24) is 0 Å². The summed E-state index contributed by atoms with van der Waals surface area (Å²) in [7, 11) is 0. The maximum Gasteiger partial charge on any atom is 2.00 e. The van der Waals surface area contributed by atoms with Crippen molar-refractivity contribution in [2.75, 3.05) is 13.2 Å². The fraction of sp³-hybridized carbons (Fsp3) is 0.444. The van der Waals surface area contributed by atoms with Crippen molar-refractivity contribution in [1.29, 1.82) is 0 Å². The minimum atomic E-state index is -1.55. The van der Waals surface area contributed by atoms with Gasteiger partial charge in [0.05, 0.1) is 11.9 Å². The van der Waals surface area contributed by atoms with Gasteiger partial charge in [0.25, 0.3) is 0 Å². The standard InChI is InChI=1S/C10H10O8.2C4H9.Sn/c11-7(12)1-3-9(15)17-5-6-18-10(16)4-2-8(13)14;2*1-3-4-2;/h1-4H,5-6H2,(H,11,12)(H,13,14);2*1,3-4H2,2H3;/q;;;+2/p-2/b3-1-,4-2-;;;. The number of carboxylic acid groups (broad SMARTS) is 2. The molecule has 0 unspecified atom stereocenters. The third-order valence-electron chi connectivity index (χ3n) is 1.99. The number of aliphatic carboxylic acids is 2. The zero-order valence-corrected chi connectivity index (χ0v) is 18.6. The molecule has 0 heterocycles. The molecule has 150 valence electrons. The number of rotatable bonds is 9. The first kappa shape index (κ1) is 32.8. The van der Waals surface area contributed by atoms with E-state index in [4.69, 9.17) is 0 Å². The number of hydrogen-bond acceptors (Lipinski definition) is 8. The fourth-order valence-electron chi connectivity index (χ4n) is 0.653. The van der Waals surface area contributed by atoms with Crippen LogP contribution < -0.4 is 10.2 Å². The van der Waals surface area contributed by atoms with Crippen molar-refractivity contribution in [3.63, 3.8) is 0 Å². The van der Waals surface area contributed by atoms with Gasteiger partial charge >= 0.3 is 35.8 Å². The number of esters is 2. The van der Waals surface area contributed by atoms with Crippen LogP contribution >= 0.6 is 0 Å². The quantitative estimate of drug-likeness (QED) is 0.184. The summed E-state index contributed by atoms with van der Waals surface area (Å²) in [5.41, 5.74) is 0. The Morgan fingerprint density at radius 3 is 1.19 bits per heavy atom. The van der Waals surface area contributed by atoms with Gasteiger partial charge in [0.15, 0.2) is 0 Å². The van der Waals surface area contributed by atoms with Crippen molar-refractivity contribution in [3.8, 4) is 0 Å². The maximum atomic E-state index is 10.8. The third kappa shape index (κ3) is 40.3. The number of carbonyl (C=O) groups excluding carboxylic acids is 4. The van der Waals surface area contributed by atoms with E-state index in [1.54, 1.807) is 0 Å². The van der Waals surface area contributed by atoms with Gasteiger partial charge in [-0.3, -0.25) is 0 Å². The van der Waals surface area contributed by atoms with E-state index < -0.39 is 23.9 Å². The van der Waals surface area contributed by atoms with E-state index in [2.05, 4.69) is 37.2 Å². The van der Waals surface area contributed by atoms with Gasteiger partial charge in [0.1, 0.15) is 13.2 Å². The van der Waals surface area contributed by atoms with Gasteiger partial charge in [0, 0.05) is 12.2 Å². The monoisotopic (exact) mass is 490 g/mol. The van der Waals surface area contributed by atoms with Crippen LogP contribution in [0.3, 0.4) is 0 Å². The average Bonchev–Trinajstić information content (AvgIpc) is 2.62. The summed E-state index contributed by atoms with van der Waals surface area (Å²) < 4.78 is 8.84. The van der Waals surface area contributed by atoms with Gasteiger partial charge in [-0.05, 0) is 12.2 Å². The molecule has 0 aromatic heterocycles. The molecule has 0 aliphatic rings.